The first-order chi connectivity index (χ1) is 15.0. The van der Waals surface area contributed by atoms with Crippen LogP contribution in [-0.2, 0) is 30.3 Å². The number of carboxylic acids is 3. The van der Waals surface area contributed by atoms with Gasteiger partial charge in [0.05, 0.1) is 0 Å². The van der Waals surface area contributed by atoms with E-state index in [0.717, 1.165) is 12.0 Å². The van der Waals surface area contributed by atoms with Crippen LogP contribution in [0.15, 0.2) is 42.0 Å². The van der Waals surface area contributed by atoms with Crippen molar-refractivity contribution in [1.82, 2.24) is 0 Å². The molecule has 32 heavy (non-hydrogen) atoms. The molecule has 0 unspecified atom stereocenters. The molecule has 0 aromatic heterocycles. The van der Waals surface area contributed by atoms with E-state index in [9.17, 15) is 34.8 Å². The molecule has 0 spiro atoms. The number of allylic oxidation sites excluding steroid dienone is 2. The van der Waals surface area contributed by atoms with Crippen LogP contribution >= 0.6 is 0 Å². The number of fused-ring (bicyclic) bond motifs is 2. The molecule has 2 bridgehead atoms. The number of benzene rings is 1. The van der Waals surface area contributed by atoms with Gasteiger partial charge in [-0.15, -0.1) is 0 Å². The minimum Gasteiger partial charge on any atom is -0.479 e. The fourth-order valence-electron chi connectivity index (χ4n) is 4.71. The zero-order chi connectivity index (χ0) is 23.7. The summed E-state index contributed by atoms with van der Waals surface area (Å²) in [6.45, 7) is 3.98. The number of carboxylic acid groups (broad SMARTS) is 3. The van der Waals surface area contributed by atoms with Gasteiger partial charge < -0.3 is 29.9 Å². The first kappa shape index (κ1) is 23.9. The van der Waals surface area contributed by atoms with Gasteiger partial charge in [0.1, 0.15) is 0 Å². The van der Waals surface area contributed by atoms with Gasteiger partial charge >= 0.3 is 17.9 Å². The molecule has 9 nitrogen and oxygen atoms in total. The second-order valence-corrected chi connectivity index (χ2v) is 8.73. The average Bonchev–Trinajstić information content (AvgIpc) is 3.07. The van der Waals surface area contributed by atoms with Gasteiger partial charge in [-0.3, -0.25) is 0 Å². The van der Waals surface area contributed by atoms with Gasteiger partial charge in [-0.1, -0.05) is 48.9 Å². The van der Waals surface area contributed by atoms with Gasteiger partial charge in [-0.05, 0) is 37.7 Å². The van der Waals surface area contributed by atoms with Crippen LogP contribution in [0.5, 0.6) is 0 Å². The Kier molecular flexibility index (Phi) is 6.46. The van der Waals surface area contributed by atoms with Crippen LogP contribution in [0, 0.1) is 5.92 Å². The van der Waals surface area contributed by atoms with Crippen LogP contribution in [0.25, 0.3) is 0 Å². The Morgan fingerprint density at radius 2 is 1.78 bits per heavy atom. The molecule has 0 radical (unpaired) electrons. The maximum absolute atomic E-state index is 12.0. The van der Waals surface area contributed by atoms with Crippen molar-refractivity contribution >= 4 is 17.9 Å². The minimum atomic E-state index is -3.26. The van der Waals surface area contributed by atoms with Gasteiger partial charge in [0, 0.05) is 12.8 Å². The van der Waals surface area contributed by atoms with Crippen LogP contribution < -0.4 is 0 Å². The van der Waals surface area contributed by atoms with Gasteiger partial charge in [0.25, 0.3) is 0 Å². The molecular formula is C23H28O9. The number of hydrogen-bond acceptors (Lipinski definition) is 6. The Bertz CT molecular complexity index is 927. The third-order valence-corrected chi connectivity index (χ3v) is 6.31. The maximum atomic E-state index is 12.0. The molecular weight excluding hydrogens is 420 g/mol. The molecule has 4 N–H and O–H groups in total. The largest absolute Gasteiger partial charge is 0.479 e. The first-order valence-corrected chi connectivity index (χ1v) is 10.5. The van der Waals surface area contributed by atoms with E-state index in [1.54, 1.807) is 0 Å². The third kappa shape index (κ3) is 4.03. The van der Waals surface area contributed by atoms with Crippen molar-refractivity contribution in [3.8, 4) is 0 Å². The van der Waals surface area contributed by atoms with Crippen molar-refractivity contribution in [2.24, 2.45) is 5.92 Å². The molecule has 174 valence electrons. The Balaban J connectivity index is 1.78. The summed E-state index contributed by atoms with van der Waals surface area (Å²) in [5.41, 5.74) is -3.70. The minimum absolute atomic E-state index is 0.0501. The molecule has 9 heteroatoms. The Hall–Kier alpha value is -2.75. The van der Waals surface area contributed by atoms with Crippen molar-refractivity contribution in [2.75, 3.05) is 0 Å². The van der Waals surface area contributed by atoms with E-state index in [0.29, 0.717) is 6.42 Å². The number of rotatable bonds is 9. The highest BCUT2D eigenvalue weighted by Crippen LogP contribution is 2.54. The van der Waals surface area contributed by atoms with E-state index in [1.807, 2.05) is 37.3 Å². The molecule has 1 aromatic carbocycles. The Morgan fingerprint density at radius 3 is 2.34 bits per heavy atom. The van der Waals surface area contributed by atoms with Crippen molar-refractivity contribution in [3.63, 3.8) is 0 Å². The van der Waals surface area contributed by atoms with Crippen molar-refractivity contribution < 1.29 is 44.3 Å². The second-order valence-electron chi connectivity index (χ2n) is 8.73. The summed E-state index contributed by atoms with van der Waals surface area (Å²) in [6.07, 6.45) is 0.746. The lowest BCUT2D eigenvalue weighted by molar-refractivity contribution is -0.362. The zero-order valence-electron chi connectivity index (χ0n) is 18.0. The normalized spacial score (nSPS) is 33.0. The van der Waals surface area contributed by atoms with E-state index in [4.69, 9.17) is 9.47 Å². The maximum Gasteiger partial charge on any atom is 0.342 e. The Morgan fingerprint density at radius 1 is 1.12 bits per heavy atom. The molecule has 2 heterocycles. The summed E-state index contributed by atoms with van der Waals surface area (Å²) in [5, 5.41) is 39.5. The van der Waals surface area contributed by atoms with Crippen molar-refractivity contribution in [3.05, 3.63) is 47.5 Å². The van der Waals surface area contributed by atoms with Gasteiger partial charge in [0.15, 0.2) is 5.79 Å². The van der Waals surface area contributed by atoms with Gasteiger partial charge in [-0.2, -0.15) is 0 Å². The number of aliphatic hydroxyl groups is 1. The molecule has 5 atom stereocenters. The fraction of sp³-hybridized carbons (Fsp3) is 0.522. The number of ether oxygens (including phenoxy) is 2. The summed E-state index contributed by atoms with van der Waals surface area (Å²) in [6, 6.07) is 9.99. The predicted molar refractivity (Wildman–Crippen MR) is 111 cm³/mol. The van der Waals surface area contributed by atoms with E-state index in [1.165, 1.54) is 5.56 Å². The lowest BCUT2D eigenvalue weighted by atomic mass is 9.76. The fourth-order valence-corrected chi connectivity index (χ4v) is 4.71. The molecule has 2 aliphatic rings. The van der Waals surface area contributed by atoms with Crippen LogP contribution in [0.2, 0.25) is 0 Å². The van der Waals surface area contributed by atoms with Crippen LogP contribution in [0.4, 0.5) is 0 Å². The number of aliphatic carboxylic acids is 3. The topological polar surface area (TPSA) is 151 Å². The SMILES string of the molecule is C/C(=C\[C@H](C)Cc1ccccc1)CC[C@@]12CC[C@@](C(=O)O)(O1)[C@](O)(C(=O)O)[C@@H](C(=O)O)O2. The molecule has 2 saturated heterocycles. The molecule has 0 saturated carbocycles. The van der Waals surface area contributed by atoms with Crippen LogP contribution in [0.1, 0.15) is 45.1 Å². The lowest BCUT2D eigenvalue weighted by Gasteiger charge is -2.48. The second kappa shape index (κ2) is 8.65. The zero-order valence-corrected chi connectivity index (χ0v) is 18.0. The molecule has 2 fully saturated rings. The molecule has 3 rings (SSSR count). The summed E-state index contributed by atoms with van der Waals surface area (Å²) >= 11 is 0. The summed E-state index contributed by atoms with van der Waals surface area (Å²) in [7, 11) is 0. The summed E-state index contributed by atoms with van der Waals surface area (Å²) < 4.78 is 11.1. The van der Waals surface area contributed by atoms with Crippen LogP contribution in [-0.4, -0.2) is 61.4 Å². The van der Waals surface area contributed by atoms with Crippen molar-refractivity contribution in [1.29, 1.82) is 0 Å². The Labute approximate surface area is 185 Å². The van der Waals surface area contributed by atoms with E-state index >= 15 is 0 Å². The first-order valence-electron chi connectivity index (χ1n) is 10.5. The number of hydrogen-bond donors (Lipinski definition) is 4. The van der Waals surface area contributed by atoms with Crippen molar-refractivity contribution in [2.45, 2.75) is 69.0 Å². The standard InChI is InChI=1S/C23H28O9/c1-14(12-15(2)13-16-6-4-3-5-7-16)8-9-21-10-11-22(32-21,19(26)27)23(30,20(28)29)17(31-21)18(24)25/h3-7,12,15,17,30H,8-11,13H2,1-2H3,(H,24,25)(H,26,27)(H,28,29)/b14-12+/t15-,17+,21-,22-,23+/m0/s1. The lowest BCUT2D eigenvalue weighted by Crippen LogP contribution is -2.75. The molecule has 2 aliphatic heterocycles. The van der Waals surface area contributed by atoms with E-state index in [-0.39, 0.29) is 25.2 Å². The van der Waals surface area contributed by atoms with Crippen LogP contribution in [0.3, 0.4) is 0 Å². The summed E-state index contributed by atoms with van der Waals surface area (Å²) in [5.74, 6) is -6.90. The highest BCUT2D eigenvalue weighted by atomic mass is 16.8. The molecule has 0 amide bonds. The smallest absolute Gasteiger partial charge is 0.342 e. The monoisotopic (exact) mass is 448 g/mol. The van der Waals surface area contributed by atoms with E-state index < -0.39 is 41.0 Å². The summed E-state index contributed by atoms with van der Waals surface area (Å²) in [4.78, 5) is 35.5. The van der Waals surface area contributed by atoms with Gasteiger partial charge in [0.2, 0.25) is 17.3 Å². The predicted octanol–water partition coefficient (Wildman–Crippen LogP) is 2.22. The van der Waals surface area contributed by atoms with E-state index in [2.05, 4.69) is 13.0 Å². The average molecular weight is 448 g/mol. The third-order valence-electron chi connectivity index (χ3n) is 6.31. The molecule has 1 aromatic rings. The molecule has 0 aliphatic carbocycles. The highest BCUT2D eigenvalue weighted by Gasteiger charge is 2.78. The van der Waals surface area contributed by atoms with Gasteiger partial charge in [-0.25, -0.2) is 14.4 Å². The quantitative estimate of drug-likeness (QED) is 0.417. The highest BCUT2D eigenvalue weighted by molar-refractivity contribution is 5.96. The number of carbonyl (C=O) groups is 3.